The van der Waals surface area contributed by atoms with Gasteiger partial charge in [0, 0.05) is 11.4 Å². The van der Waals surface area contributed by atoms with Crippen molar-refractivity contribution in [1.82, 2.24) is 10.2 Å². The standard InChI is InChI=1S/C27H32F3N3O2S/c1-3-15-32(16-4-2)17-7-14-31-25(34)19-33-22-8-5-6-9-23(22)36-24(26(33)35)18-20-10-12-21(13-11-20)27(28,29)30/h5-6,8-13,18H,3-4,7,14-17,19H2,1-2H3,(H,31,34). The summed E-state index contributed by atoms with van der Waals surface area (Å²) in [5.41, 5.74) is 0.374. The number of nitrogens with zero attached hydrogens (tertiary/aromatic N) is 2. The van der Waals surface area contributed by atoms with Gasteiger partial charge in [0.1, 0.15) is 6.54 Å². The van der Waals surface area contributed by atoms with Crippen LogP contribution in [0.4, 0.5) is 18.9 Å². The molecule has 0 radical (unpaired) electrons. The van der Waals surface area contributed by atoms with Crippen molar-refractivity contribution in [3.05, 3.63) is 64.6 Å². The largest absolute Gasteiger partial charge is 0.416 e. The van der Waals surface area contributed by atoms with Crippen LogP contribution in [-0.2, 0) is 15.8 Å². The van der Waals surface area contributed by atoms with Gasteiger partial charge in [-0.15, -0.1) is 0 Å². The van der Waals surface area contributed by atoms with Gasteiger partial charge in [-0.3, -0.25) is 14.5 Å². The predicted molar refractivity (Wildman–Crippen MR) is 139 cm³/mol. The maximum Gasteiger partial charge on any atom is 0.416 e. The van der Waals surface area contributed by atoms with E-state index in [0.717, 1.165) is 55.9 Å². The zero-order valence-electron chi connectivity index (χ0n) is 20.6. The number of fused-ring (bicyclic) bond motifs is 1. The van der Waals surface area contributed by atoms with Gasteiger partial charge in [0.25, 0.3) is 5.91 Å². The van der Waals surface area contributed by atoms with Gasteiger partial charge in [0.15, 0.2) is 0 Å². The van der Waals surface area contributed by atoms with E-state index in [1.165, 1.54) is 28.8 Å². The number of para-hydroxylation sites is 1. The number of alkyl halides is 3. The van der Waals surface area contributed by atoms with Crippen molar-refractivity contribution in [3.63, 3.8) is 0 Å². The van der Waals surface area contributed by atoms with E-state index in [4.69, 9.17) is 0 Å². The molecular weight excluding hydrogens is 487 g/mol. The van der Waals surface area contributed by atoms with Crippen molar-refractivity contribution in [2.45, 2.75) is 44.2 Å². The molecule has 0 bridgehead atoms. The van der Waals surface area contributed by atoms with E-state index in [-0.39, 0.29) is 18.4 Å². The lowest BCUT2D eigenvalue weighted by molar-refractivity contribution is -0.137. The third kappa shape index (κ3) is 7.61. The molecule has 194 valence electrons. The molecule has 0 spiro atoms. The van der Waals surface area contributed by atoms with Crippen LogP contribution in [0, 0.1) is 0 Å². The van der Waals surface area contributed by atoms with Crippen LogP contribution in [-0.4, -0.2) is 49.4 Å². The topological polar surface area (TPSA) is 52.7 Å². The molecule has 36 heavy (non-hydrogen) atoms. The first-order chi connectivity index (χ1) is 17.2. The molecule has 0 atom stereocenters. The fraction of sp³-hybridized carbons (Fsp3) is 0.407. The maximum absolute atomic E-state index is 13.3. The summed E-state index contributed by atoms with van der Waals surface area (Å²) in [6.07, 6.45) is 0.135. The number of anilines is 1. The molecule has 0 aliphatic carbocycles. The molecule has 0 saturated carbocycles. The number of carbonyl (C=O) groups is 2. The summed E-state index contributed by atoms with van der Waals surface area (Å²) >= 11 is 1.24. The van der Waals surface area contributed by atoms with Crippen molar-refractivity contribution in [3.8, 4) is 0 Å². The summed E-state index contributed by atoms with van der Waals surface area (Å²) in [5, 5.41) is 2.91. The first kappa shape index (κ1) is 27.8. The highest BCUT2D eigenvalue weighted by molar-refractivity contribution is 8.04. The van der Waals surface area contributed by atoms with Gasteiger partial charge in [-0.25, -0.2) is 0 Å². The molecule has 0 saturated heterocycles. The van der Waals surface area contributed by atoms with Crippen molar-refractivity contribution in [1.29, 1.82) is 0 Å². The Balaban J connectivity index is 1.68. The van der Waals surface area contributed by atoms with Gasteiger partial charge in [-0.1, -0.05) is 49.9 Å². The summed E-state index contributed by atoms with van der Waals surface area (Å²) in [7, 11) is 0. The fourth-order valence-electron chi connectivity index (χ4n) is 4.04. The van der Waals surface area contributed by atoms with E-state index in [0.29, 0.717) is 22.7 Å². The van der Waals surface area contributed by atoms with Crippen LogP contribution < -0.4 is 10.2 Å². The normalized spacial score (nSPS) is 14.9. The average molecular weight is 520 g/mol. The number of rotatable bonds is 11. The van der Waals surface area contributed by atoms with Gasteiger partial charge in [0.05, 0.1) is 16.2 Å². The van der Waals surface area contributed by atoms with Gasteiger partial charge in [-0.05, 0) is 74.8 Å². The second-order valence-corrected chi connectivity index (χ2v) is 9.72. The Morgan fingerprint density at radius 3 is 2.33 bits per heavy atom. The Bertz CT molecular complexity index is 1060. The Morgan fingerprint density at radius 2 is 1.69 bits per heavy atom. The van der Waals surface area contributed by atoms with Crippen molar-refractivity contribution < 1.29 is 22.8 Å². The quantitative estimate of drug-likeness (QED) is 0.301. The van der Waals surface area contributed by atoms with Crippen LogP contribution in [0.15, 0.2) is 58.3 Å². The first-order valence-corrected chi connectivity index (χ1v) is 13.0. The number of amides is 2. The number of hydrogen-bond donors (Lipinski definition) is 1. The Morgan fingerprint density at radius 1 is 1.03 bits per heavy atom. The molecule has 2 amide bonds. The van der Waals surface area contributed by atoms with Crippen LogP contribution in [0.5, 0.6) is 0 Å². The lowest BCUT2D eigenvalue weighted by Crippen LogP contribution is -2.43. The third-order valence-electron chi connectivity index (χ3n) is 5.72. The van der Waals surface area contributed by atoms with Gasteiger partial charge < -0.3 is 10.2 Å². The molecule has 1 aliphatic rings. The number of hydrogen-bond acceptors (Lipinski definition) is 4. The maximum atomic E-state index is 13.3. The van der Waals surface area contributed by atoms with E-state index < -0.39 is 11.7 Å². The molecular formula is C27H32F3N3O2S. The molecule has 0 aromatic heterocycles. The zero-order chi connectivity index (χ0) is 26.1. The van der Waals surface area contributed by atoms with Crippen LogP contribution in [0.1, 0.15) is 44.2 Å². The summed E-state index contributed by atoms with van der Waals surface area (Å²) < 4.78 is 38.6. The van der Waals surface area contributed by atoms with E-state index in [9.17, 15) is 22.8 Å². The number of carbonyl (C=O) groups excluding carboxylic acids is 2. The molecule has 9 heteroatoms. The summed E-state index contributed by atoms with van der Waals surface area (Å²) in [6, 6.07) is 11.9. The minimum absolute atomic E-state index is 0.131. The monoisotopic (exact) mass is 519 g/mol. The van der Waals surface area contributed by atoms with Crippen molar-refractivity contribution >= 4 is 35.3 Å². The van der Waals surface area contributed by atoms with Crippen molar-refractivity contribution in [2.24, 2.45) is 0 Å². The second-order valence-electron chi connectivity index (χ2n) is 8.63. The smallest absolute Gasteiger partial charge is 0.355 e. The van der Waals surface area contributed by atoms with E-state index in [1.54, 1.807) is 18.2 Å². The number of benzene rings is 2. The molecule has 2 aromatic rings. The van der Waals surface area contributed by atoms with Gasteiger partial charge in [0.2, 0.25) is 5.91 Å². The molecule has 0 unspecified atom stereocenters. The third-order valence-corrected chi connectivity index (χ3v) is 6.80. The highest BCUT2D eigenvalue weighted by Crippen LogP contribution is 2.42. The average Bonchev–Trinajstić information content (AvgIpc) is 2.84. The number of halogens is 3. The fourth-order valence-corrected chi connectivity index (χ4v) is 5.10. The predicted octanol–water partition coefficient (Wildman–Crippen LogP) is 5.81. The van der Waals surface area contributed by atoms with Crippen molar-refractivity contribution in [2.75, 3.05) is 37.6 Å². The molecule has 1 N–H and O–H groups in total. The minimum atomic E-state index is -4.42. The molecule has 0 fully saturated rings. The highest BCUT2D eigenvalue weighted by Gasteiger charge is 2.31. The van der Waals surface area contributed by atoms with E-state index in [1.807, 2.05) is 12.1 Å². The Labute approximate surface area is 214 Å². The Hall–Kier alpha value is -2.78. The highest BCUT2D eigenvalue weighted by atomic mass is 32.2. The van der Waals surface area contributed by atoms with Crippen LogP contribution in [0.25, 0.3) is 6.08 Å². The lowest BCUT2D eigenvalue weighted by Gasteiger charge is -2.30. The second kappa shape index (κ2) is 13.0. The van der Waals surface area contributed by atoms with E-state index in [2.05, 4.69) is 24.1 Å². The van der Waals surface area contributed by atoms with Crippen LogP contribution >= 0.6 is 11.8 Å². The van der Waals surface area contributed by atoms with Gasteiger partial charge >= 0.3 is 6.18 Å². The zero-order valence-corrected chi connectivity index (χ0v) is 21.4. The van der Waals surface area contributed by atoms with E-state index >= 15 is 0 Å². The summed E-state index contributed by atoms with van der Waals surface area (Å²) in [4.78, 5) is 31.0. The summed E-state index contributed by atoms with van der Waals surface area (Å²) in [5.74, 6) is -0.609. The van der Waals surface area contributed by atoms with Gasteiger partial charge in [-0.2, -0.15) is 13.2 Å². The number of thioether (sulfide) groups is 1. The molecule has 3 rings (SSSR count). The molecule has 5 nitrogen and oxygen atoms in total. The number of nitrogens with one attached hydrogen (secondary N) is 1. The van der Waals surface area contributed by atoms with Crippen LogP contribution in [0.3, 0.4) is 0 Å². The molecule has 1 aliphatic heterocycles. The lowest BCUT2D eigenvalue weighted by atomic mass is 10.1. The SMILES string of the molecule is CCCN(CCC)CCCNC(=O)CN1C(=O)C(=Cc2ccc(C(F)(F)F)cc2)Sc2ccccc21. The molecule has 1 heterocycles. The first-order valence-electron chi connectivity index (χ1n) is 12.2. The van der Waals surface area contributed by atoms with Crippen LogP contribution in [0.2, 0.25) is 0 Å². The summed E-state index contributed by atoms with van der Waals surface area (Å²) in [6.45, 7) is 7.67. The molecule has 2 aromatic carbocycles. The minimum Gasteiger partial charge on any atom is -0.355 e. The Kier molecular flexibility index (Phi) is 10.0.